The van der Waals surface area contributed by atoms with Gasteiger partial charge in [0.2, 0.25) is 5.91 Å². The first-order valence-corrected chi connectivity index (χ1v) is 17.5. The Balaban J connectivity index is 1.32. The lowest BCUT2D eigenvalue weighted by Gasteiger charge is -2.20. The minimum atomic E-state index is -4.11. The van der Waals surface area contributed by atoms with E-state index in [0.717, 1.165) is 46.3 Å². The van der Waals surface area contributed by atoms with Gasteiger partial charge in [-0.15, -0.1) is 0 Å². The van der Waals surface area contributed by atoms with E-state index in [0.29, 0.717) is 17.7 Å². The second kappa shape index (κ2) is 14.5. The fourth-order valence-electron chi connectivity index (χ4n) is 5.49. The predicted molar refractivity (Wildman–Crippen MR) is 187 cm³/mol. The van der Waals surface area contributed by atoms with Crippen LogP contribution in [0.1, 0.15) is 73.0 Å². The summed E-state index contributed by atoms with van der Waals surface area (Å²) in [6.45, 7) is 6.68. The van der Waals surface area contributed by atoms with E-state index in [2.05, 4.69) is 38.2 Å². The van der Waals surface area contributed by atoms with Gasteiger partial charge in [-0.2, -0.15) is 8.42 Å². The van der Waals surface area contributed by atoms with Crippen molar-refractivity contribution in [3.05, 3.63) is 125 Å². The van der Waals surface area contributed by atoms with Crippen LogP contribution in [0.15, 0.2) is 108 Å². The molecule has 2 N–H and O–H groups in total. The van der Waals surface area contributed by atoms with Crippen molar-refractivity contribution in [3.63, 3.8) is 0 Å². The molecule has 0 saturated heterocycles. The van der Waals surface area contributed by atoms with Crippen LogP contribution >= 0.6 is 0 Å². The molecule has 5 rings (SSSR count). The molecule has 0 radical (unpaired) electrons. The quantitative estimate of drug-likeness (QED) is 0.0971. The van der Waals surface area contributed by atoms with Gasteiger partial charge in [0, 0.05) is 28.6 Å². The standard InChI is InChI=1S/C39H41NO6S/c1-39(2,3)23-22-27-10-14-29(15-11-27)34(25-28-12-16-30(17-13-28)35(41)8-6-24-47(43,44)45)38(42)40-33-20-18-31(19-21-33)37-26-32-7-4-5-9-36(32)46-37/h4-5,7,9-21,26,34H,6,8,22-25H2,1-3H3,(H,40,42)(H,43,44,45). The van der Waals surface area contributed by atoms with Gasteiger partial charge < -0.3 is 9.73 Å². The van der Waals surface area contributed by atoms with Crippen molar-refractivity contribution in [1.29, 1.82) is 0 Å². The molecule has 0 aliphatic carbocycles. The van der Waals surface area contributed by atoms with Crippen molar-refractivity contribution >= 4 is 38.5 Å². The lowest BCUT2D eigenvalue weighted by atomic mass is 9.87. The van der Waals surface area contributed by atoms with Gasteiger partial charge in [0.25, 0.3) is 10.1 Å². The van der Waals surface area contributed by atoms with Gasteiger partial charge in [0.1, 0.15) is 11.3 Å². The van der Waals surface area contributed by atoms with E-state index in [9.17, 15) is 18.0 Å². The molecule has 0 fully saturated rings. The maximum Gasteiger partial charge on any atom is 0.264 e. The highest BCUT2D eigenvalue weighted by Crippen LogP contribution is 2.30. The van der Waals surface area contributed by atoms with Crippen LogP contribution in [0.3, 0.4) is 0 Å². The number of ketones is 1. The molecule has 1 atom stereocenters. The number of aryl methyl sites for hydroxylation is 1. The molecule has 0 bridgehead atoms. The number of carbonyl (C=O) groups excluding carboxylic acids is 2. The fourth-order valence-corrected chi connectivity index (χ4v) is 6.00. The van der Waals surface area contributed by atoms with Crippen molar-refractivity contribution in [1.82, 2.24) is 0 Å². The molecule has 1 aromatic heterocycles. The number of carbonyl (C=O) groups is 2. The molecule has 0 aliphatic heterocycles. The smallest absolute Gasteiger partial charge is 0.264 e. The highest BCUT2D eigenvalue weighted by molar-refractivity contribution is 7.85. The molecule has 0 spiro atoms. The van der Waals surface area contributed by atoms with E-state index in [1.807, 2.05) is 78.9 Å². The lowest BCUT2D eigenvalue weighted by molar-refractivity contribution is -0.117. The van der Waals surface area contributed by atoms with Crippen LogP contribution in [0.5, 0.6) is 0 Å². The normalized spacial score (nSPS) is 12.6. The second-order valence-electron chi connectivity index (χ2n) is 13.3. The Morgan fingerprint density at radius 2 is 1.51 bits per heavy atom. The zero-order valence-corrected chi connectivity index (χ0v) is 27.8. The minimum Gasteiger partial charge on any atom is -0.456 e. The van der Waals surface area contributed by atoms with E-state index in [1.54, 1.807) is 12.1 Å². The molecule has 8 heteroatoms. The Morgan fingerprint density at radius 1 is 0.851 bits per heavy atom. The van der Waals surface area contributed by atoms with Crippen molar-refractivity contribution in [2.24, 2.45) is 5.41 Å². The molecular weight excluding hydrogens is 610 g/mol. The maximum absolute atomic E-state index is 13.9. The fraction of sp³-hybridized carbons (Fsp3) is 0.282. The summed E-state index contributed by atoms with van der Waals surface area (Å²) in [4.78, 5) is 26.4. The highest BCUT2D eigenvalue weighted by atomic mass is 32.2. The van der Waals surface area contributed by atoms with Crippen molar-refractivity contribution in [2.75, 3.05) is 11.1 Å². The number of benzene rings is 4. The first-order chi connectivity index (χ1) is 22.3. The molecule has 1 amide bonds. The Morgan fingerprint density at radius 3 is 2.15 bits per heavy atom. The average molecular weight is 652 g/mol. The van der Waals surface area contributed by atoms with E-state index in [1.165, 1.54) is 5.56 Å². The van der Waals surface area contributed by atoms with Gasteiger partial charge in [-0.1, -0.05) is 87.5 Å². The molecule has 0 saturated carbocycles. The summed E-state index contributed by atoms with van der Waals surface area (Å²) in [5.41, 5.74) is 6.09. The lowest BCUT2D eigenvalue weighted by Crippen LogP contribution is -2.23. The number of anilines is 1. The summed E-state index contributed by atoms with van der Waals surface area (Å²) >= 11 is 0. The van der Waals surface area contributed by atoms with Crippen molar-refractivity contribution in [2.45, 2.75) is 58.8 Å². The molecule has 244 valence electrons. The summed E-state index contributed by atoms with van der Waals surface area (Å²) in [6, 6.07) is 32.8. The molecule has 7 nitrogen and oxygen atoms in total. The second-order valence-corrected chi connectivity index (χ2v) is 14.9. The molecule has 1 heterocycles. The van der Waals surface area contributed by atoms with Crippen LogP contribution in [0, 0.1) is 5.41 Å². The van der Waals surface area contributed by atoms with Crippen LogP contribution in [0.2, 0.25) is 0 Å². The van der Waals surface area contributed by atoms with E-state index < -0.39 is 21.8 Å². The third kappa shape index (κ3) is 9.73. The average Bonchev–Trinajstić information content (AvgIpc) is 3.47. The Hall–Kier alpha value is -4.53. The zero-order valence-electron chi connectivity index (χ0n) is 27.0. The SMILES string of the molecule is CC(C)(C)CCc1ccc(C(Cc2ccc(C(=O)CCCS(=O)(=O)O)cc2)C(=O)Nc2ccc(-c3cc4ccccc4o3)cc2)cc1. The van der Waals surface area contributed by atoms with Crippen LogP contribution < -0.4 is 5.32 Å². The first kappa shape index (κ1) is 33.8. The summed E-state index contributed by atoms with van der Waals surface area (Å²) < 4.78 is 36.9. The van der Waals surface area contributed by atoms with E-state index in [-0.39, 0.29) is 29.9 Å². The van der Waals surface area contributed by atoms with Gasteiger partial charge in [0.15, 0.2) is 5.78 Å². The number of rotatable bonds is 13. The molecule has 47 heavy (non-hydrogen) atoms. The Labute approximate surface area is 276 Å². The zero-order chi connectivity index (χ0) is 33.6. The minimum absolute atomic E-state index is 0.0147. The van der Waals surface area contributed by atoms with Crippen molar-refractivity contribution < 1.29 is 27.0 Å². The summed E-state index contributed by atoms with van der Waals surface area (Å²) in [6.07, 6.45) is 2.49. The van der Waals surface area contributed by atoms with Gasteiger partial charge in [-0.25, -0.2) is 0 Å². The molecule has 0 aliphatic rings. The highest BCUT2D eigenvalue weighted by Gasteiger charge is 2.22. The summed E-state index contributed by atoms with van der Waals surface area (Å²) in [5.74, 6) is -0.529. The summed E-state index contributed by atoms with van der Waals surface area (Å²) in [5, 5.41) is 4.13. The van der Waals surface area contributed by atoms with Crippen molar-refractivity contribution in [3.8, 4) is 11.3 Å². The van der Waals surface area contributed by atoms with Gasteiger partial charge in [0.05, 0.1) is 11.7 Å². The van der Waals surface area contributed by atoms with Crippen LogP contribution in [0.25, 0.3) is 22.3 Å². The van der Waals surface area contributed by atoms with Gasteiger partial charge >= 0.3 is 0 Å². The third-order valence-electron chi connectivity index (χ3n) is 8.25. The number of Topliss-reactive ketones (excluding diaryl/α,β-unsaturated/α-hetero) is 1. The third-order valence-corrected chi connectivity index (χ3v) is 9.05. The first-order valence-electron chi connectivity index (χ1n) is 15.9. The Bertz CT molecular complexity index is 1900. The van der Waals surface area contributed by atoms with E-state index >= 15 is 0 Å². The maximum atomic E-state index is 13.9. The largest absolute Gasteiger partial charge is 0.456 e. The number of para-hydroxylation sites is 1. The summed E-state index contributed by atoms with van der Waals surface area (Å²) in [7, 11) is -4.11. The molecular formula is C39H41NO6S. The van der Waals surface area contributed by atoms with E-state index in [4.69, 9.17) is 8.97 Å². The van der Waals surface area contributed by atoms with Gasteiger partial charge in [-0.05, 0) is 84.2 Å². The van der Waals surface area contributed by atoms with Crippen LogP contribution in [0.4, 0.5) is 5.69 Å². The van der Waals surface area contributed by atoms with Crippen LogP contribution in [-0.4, -0.2) is 30.4 Å². The Kier molecular flexibility index (Phi) is 10.4. The van der Waals surface area contributed by atoms with Gasteiger partial charge in [-0.3, -0.25) is 14.1 Å². The predicted octanol–water partition coefficient (Wildman–Crippen LogP) is 8.89. The number of hydrogen-bond acceptors (Lipinski definition) is 5. The topological polar surface area (TPSA) is 114 Å². The number of furan rings is 1. The molecule has 1 unspecified atom stereocenters. The number of nitrogens with one attached hydrogen (secondary N) is 1. The molecule has 4 aromatic carbocycles. The number of amides is 1. The van der Waals surface area contributed by atoms with Crippen LogP contribution in [-0.2, 0) is 27.8 Å². The number of fused-ring (bicyclic) bond motifs is 1. The monoisotopic (exact) mass is 651 g/mol. The molecule has 5 aromatic rings. The number of hydrogen-bond donors (Lipinski definition) is 2.